The van der Waals surface area contributed by atoms with Crippen molar-refractivity contribution in [2.45, 2.75) is 12.6 Å². The molecule has 30 heavy (non-hydrogen) atoms. The Morgan fingerprint density at radius 1 is 1.10 bits per heavy atom. The number of hydrogen-bond acceptors (Lipinski definition) is 6. The quantitative estimate of drug-likeness (QED) is 0.382. The minimum absolute atomic E-state index is 0.0284. The van der Waals surface area contributed by atoms with Gasteiger partial charge in [-0.3, -0.25) is 9.59 Å². The van der Waals surface area contributed by atoms with Crippen molar-refractivity contribution in [3.63, 3.8) is 0 Å². The summed E-state index contributed by atoms with van der Waals surface area (Å²) >= 11 is 0. The fourth-order valence-corrected chi connectivity index (χ4v) is 3.59. The monoisotopic (exact) mass is 405 g/mol. The SMILES string of the molecule is COc1ccc(C2/C(=C(/O)c3ccccc3)C(=O)C(=O)N2Cc2ccco2)cc1O. The number of ketones is 1. The lowest BCUT2D eigenvalue weighted by atomic mass is 9.95. The summed E-state index contributed by atoms with van der Waals surface area (Å²) < 4.78 is 10.4. The number of furan rings is 1. The highest BCUT2D eigenvalue weighted by atomic mass is 16.5. The van der Waals surface area contributed by atoms with Gasteiger partial charge in [0.2, 0.25) is 0 Å². The number of phenolic OH excluding ortho intramolecular Hbond substituents is 1. The number of carbonyl (C=O) groups is 2. The van der Waals surface area contributed by atoms with E-state index in [0.29, 0.717) is 16.9 Å². The van der Waals surface area contributed by atoms with Crippen molar-refractivity contribution in [3.8, 4) is 11.5 Å². The van der Waals surface area contributed by atoms with Gasteiger partial charge < -0.3 is 24.3 Å². The number of nitrogens with zero attached hydrogens (tertiary/aromatic N) is 1. The largest absolute Gasteiger partial charge is 0.507 e. The standard InChI is InChI=1S/C23H19NO6/c1-29-18-10-9-15(12-17(18)25)20-19(21(26)14-6-3-2-4-7-14)22(27)23(28)24(20)13-16-8-5-11-30-16/h2-12,20,25-26H,13H2,1H3/b21-19-. The number of carbonyl (C=O) groups excluding carboxylic acids is 2. The number of benzene rings is 2. The number of hydrogen-bond donors (Lipinski definition) is 2. The van der Waals surface area contributed by atoms with Gasteiger partial charge in [-0.15, -0.1) is 0 Å². The van der Waals surface area contributed by atoms with Gasteiger partial charge in [0.15, 0.2) is 11.5 Å². The first kappa shape index (κ1) is 19.3. The first-order valence-corrected chi connectivity index (χ1v) is 9.24. The van der Waals surface area contributed by atoms with Crippen LogP contribution < -0.4 is 4.74 Å². The Balaban J connectivity index is 1.88. The van der Waals surface area contributed by atoms with Crippen molar-refractivity contribution in [1.29, 1.82) is 0 Å². The van der Waals surface area contributed by atoms with Gasteiger partial charge in [-0.2, -0.15) is 0 Å². The van der Waals surface area contributed by atoms with Crippen LogP contribution in [0.4, 0.5) is 0 Å². The summed E-state index contributed by atoms with van der Waals surface area (Å²) in [4.78, 5) is 27.1. The predicted molar refractivity (Wildman–Crippen MR) is 108 cm³/mol. The summed E-state index contributed by atoms with van der Waals surface area (Å²) in [5.74, 6) is -1.24. The molecule has 0 radical (unpaired) electrons. The number of phenols is 1. The Kier molecular flexibility index (Phi) is 5.02. The second-order valence-corrected chi connectivity index (χ2v) is 6.80. The van der Waals surface area contributed by atoms with Crippen LogP contribution in [0.2, 0.25) is 0 Å². The van der Waals surface area contributed by atoms with E-state index in [9.17, 15) is 19.8 Å². The molecule has 1 atom stereocenters. The third-order valence-electron chi connectivity index (χ3n) is 5.01. The average Bonchev–Trinajstić information content (AvgIpc) is 3.36. The summed E-state index contributed by atoms with van der Waals surface area (Å²) in [5, 5.41) is 21.2. The lowest BCUT2D eigenvalue weighted by Gasteiger charge is -2.25. The number of amides is 1. The fraction of sp³-hybridized carbons (Fsp3) is 0.130. The molecule has 1 aromatic heterocycles. The van der Waals surface area contributed by atoms with Gasteiger partial charge in [0.1, 0.15) is 11.5 Å². The first-order chi connectivity index (χ1) is 14.5. The van der Waals surface area contributed by atoms with Crippen molar-refractivity contribution in [2.75, 3.05) is 7.11 Å². The number of aliphatic hydroxyl groups excluding tert-OH is 1. The normalized spacial score (nSPS) is 18.0. The van der Waals surface area contributed by atoms with Crippen molar-refractivity contribution < 1.29 is 29.0 Å². The van der Waals surface area contributed by atoms with Crippen LogP contribution in [-0.2, 0) is 16.1 Å². The number of aliphatic hydroxyl groups is 1. The molecule has 7 nitrogen and oxygen atoms in total. The summed E-state index contributed by atoms with van der Waals surface area (Å²) in [7, 11) is 1.42. The first-order valence-electron chi connectivity index (χ1n) is 9.24. The number of ether oxygens (including phenoxy) is 1. The van der Waals surface area contributed by atoms with Crippen molar-refractivity contribution in [2.24, 2.45) is 0 Å². The maximum Gasteiger partial charge on any atom is 0.296 e. The molecule has 1 amide bonds. The van der Waals surface area contributed by atoms with Crippen LogP contribution in [0.15, 0.2) is 76.9 Å². The molecule has 2 N–H and O–H groups in total. The lowest BCUT2D eigenvalue weighted by Crippen LogP contribution is -2.29. The topological polar surface area (TPSA) is 100 Å². The predicted octanol–water partition coefficient (Wildman–Crippen LogP) is 3.62. The lowest BCUT2D eigenvalue weighted by molar-refractivity contribution is -0.140. The molecule has 1 saturated heterocycles. The third-order valence-corrected chi connectivity index (χ3v) is 5.01. The summed E-state index contributed by atoms with van der Waals surface area (Å²) in [6.45, 7) is 0.0284. The molecule has 1 aliphatic heterocycles. The highest BCUT2D eigenvalue weighted by Crippen LogP contribution is 2.42. The van der Waals surface area contributed by atoms with Crippen LogP contribution in [0, 0.1) is 0 Å². The van der Waals surface area contributed by atoms with E-state index in [0.717, 1.165) is 0 Å². The molecule has 1 unspecified atom stereocenters. The van der Waals surface area contributed by atoms with E-state index < -0.39 is 17.7 Å². The average molecular weight is 405 g/mol. The second-order valence-electron chi connectivity index (χ2n) is 6.80. The van der Waals surface area contributed by atoms with E-state index in [1.165, 1.54) is 24.3 Å². The van der Waals surface area contributed by atoms with Crippen molar-refractivity contribution >= 4 is 17.4 Å². The third kappa shape index (κ3) is 3.30. The molecule has 3 aromatic rings. The Morgan fingerprint density at radius 3 is 2.50 bits per heavy atom. The molecule has 0 spiro atoms. The number of rotatable bonds is 5. The van der Waals surface area contributed by atoms with Crippen LogP contribution in [0.25, 0.3) is 5.76 Å². The Bertz CT molecular complexity index is 1120. The number of likely N-dealkylation sites (tertiary alicyclic amines) is 1. The van der Waals surface area contributed by atoms with E-state index in [2.05, 4.69) is 0 Å². The van der Waals surface area contributed by atoms with Crippen LogP contribution >= 0.6 is 0 Å². The number of methoxy groups -OCH3 is 1. The van der Waals surface area contributed by atoms with Gasteiger partial charge in [-0.25, -0.2) is 0 Å². The maximum atomic E-state index is 12.9. The highest BCUT2D eigenvalue weighted by molar-refractivity contribution is 6.46. The molecule has 7 heteroatoms. The van der Waals surface area contributed by atoms with Gasteiger partial charge in [-0.05, 0) is 29.8 Å². The zero-order valence-electron chi connectivity index (χ0n) is 16.1. The van der Waals surface area contributed by atoms with Gasteiger partial charge >= 0.3 is 0 Å². The van der Waals surface area contributed by atoms with Crippen molar-refractivity contribution in [3.05, 3.63) is 89.4 Å². The van der Waals surface area contributed by atoms with Crippen LogP contribution in [0.1, 0.15) is 22.9 Å². The molecule has 0 bridgehead atoms. The Labute approximate surface area is 172 Å². The van der Waals surface area contributed by atoms with Gasteiger partial charge in [0.05, 0.1) is 31.5 Å². The fourth-order valence-electron chi connectivity index (χ4n) is 3.59. The van der Waals surface area contributed by atoms with Crippen LogP contribution in [-0.4, -0.2) is 33.9 Å². The highest BCUT2D eigenvalue weighted by Gasteiger charge is 2.46. The molecule has 1 fully saturated rings. The van der Waals surface area contributed by atoms with E-state index >= 15 is 0 Å². The summed E-state index contributed by atoms with van der Waals surface area (Å²) in [5.41, 5.74) is 0.815. The van der Waals surface area contributed by atoms with Crippen molar-refractivity contribution in [1.82, 2.24) is 4.90 Å². The summed E-state index contributed by atoms with van der Waals surface area (Å²) in [6.07, 6.45) is 1.48. The zero-order chi connectivity index (χ0) is 21.3. The number of aromatic hydroxyl groups is 1. The number of Topliss-reactive ketones (excluding diaryl/α,β-unsaturated/α-hetero) is 1. The summed E-state index contributed by atoms with van der Waals surface area (Å²) in [6, 6.07) is 15.6. The molecule has 152 valence electrons. The Morgan fingerprint density at radius 2 is 1.87 bits per heavy atom. The maximum absolute atomic E-state index is 12.9. The Hall–Kier alpha value is -4.00. The minimum Gasteiger partial charge on any atom is -0.507 e. The van der Waals surface area contributed by atoms with Gasteiger partial charge in [0, 0.05) is 5.56 Å². The van der Waals surface area contributed by atoms with Gasteiger partial charge in [0.25, 0.3) is 11.7 Å². The van der Waals surface area contributed by atoms with Crippen LogP contribution in [0.3, 0.4) is 0 Å². The molecule has 2 aromatic carbocycles. The molecule has 0 saturated carbocycles. The molecular formula is C23H19NO6. The van der Waals surface area contributed by atoms with E-state index in [-0.39, 0.29) is 29.4 Å². The minimum atomic E-state index is -0.910. The molecular weight excluding hydrogens is 386 g/mol. The van der Waals surface area contributed by atoms with E-state index in [4.69, 9.17) is 9.15 Å². The molecule has 4 rings (SSSR count). The molecule has 0 aliphatic carbocycles. The second kappa shape index (κ2) is 7.79. The van der Waals surface area contributed by atoms with Crippen LogP contribution in [0.5, 0.6) is 11.5 Å². The molecule has 2 heterocycles. The smallest absolute Gasteiger partial charge is 0.296 e. The zero-order valence-corrected chi connectivity index (χ0v) is 16.1. The molecule has 1 aliphatic rings. The van der Waals surface area contributed by atoms with E-state index in [1.54, 1.807) is 54.6 Å². The van der Waals surface area contributed by atoms with Gasteiger partial charge in [-0.1, -0.05) is 36.4 Å². The van der Waals surface area contributed by atoms with E-state index in [1.807, 2.05) is 0 Å².